The van der Waals surface area contributed by atoms with E-state index in [0.717, 1.165) is 0 Å². The van der Waals surface area contributed by atoms with Crippen molar-refractivity contribution in [3.63, 3.8) is 0 Å². The lowest BCUT2D eigenvalue weighted by molar-refractivity contribution is -0.384. The van der Waals surface area contributed by atoms with E-state index in [4.69, 9.17) is 9.47 Å². The number of non-ortho nitro benzene ring substituents is 1. The van der Waals surface area contributed by atoms with Gasteiger partial charge < -0.3 is 19.5 Å². The molecular formula is C21H20N2O7. The summed E-state index contributed by atoms with van der Waals surface area (Å²) >= 11 is 0. The smallest absolute Gasteiger partial charge is 0.295 e. The summed E-state index contributed by atoms with van der Waals surface area (Å²) in [6.07, 6.45) is 0. The standard InChI is InChI=1S/C21H20N2O7/c1-29-12-11-22-18(13-3-7-15(8-4-13)23(27)28)17(20(25)21(22)26)19(24)14-5-9-16(30-2)10-6-14/h3-10,18,24H,11-12H2,1-2H3. The topological polar surface area (TPSA) is 119 Å². The van der Waals surface area contributed by atoms with Crippen LogP contribution in [-0.2, 0) is 14.3 Å². The Bertz CT molecular complexity index is 997. The molecule has 9 nitrogen and oxygen atoms in total. The molecule has 0 aliphatic carbocycles. The molecule has 1 saturated heterocycles. The van der Waals surface area contributed by atoms with E-state index in [9.17, 15) is 24.8 Å². The number of nitro benzene ring substituents is 1. The Balaban J connectivity index is 2.12. The molecule has 156 valence electrons. The summed E-state index contributed by atoms with van der Waals surface area (Å²) in [4.78, 5) is 37.2. The van der Waals surface area contributed by atoms with Crippen LogP contribution in [0.1, 0.15) is 17.2 Å². The molecule has 9 heteroatoms. The Morgan fingerprint density at radius 3 is 2.27 bits per heavy atom. The first-order chi connectivity index (χ1) is 14.4. The highest BCUT2D eigenvalue weighted by Crippen LogP contribution is 2.39. The summed E-state index contributed by atoms with van der Waals surface area (Å²) in [5.74, 6) is -1.37. The van der Waals surface area contributed by atoms with Crippen LogP contribution in [0.2, 0.25) is 0 Å². The van der Waals surface area contributed by atoms with E-state index in [-0.39, 0.29) is 30.2 Å². The third-order valence-corrected chi connectivity index (χ3v) is 4.86. The molecule has 0 bridgehead atoms. The lowest BCUT2D eigenvalue weighted by atomic mass is 9.95. The predicted molar refractivity (Wildman–Crippen MR) is 107 cm³/mol. The van der Waals surface area contributed by atoms with Crippen molar-refractivity contribution < 1.29 is 29.1 Å². The van der Waals surface area contributed by atoms with Crippen LogP contribution in [0.25, 0.3) is 5.76 Å². The summed E-state index contributed by atoms with van der Waals surface area (Å²) in [6, 6.07) is 11.0. The summed E-state index contributed by atoms with van der Waals surface area (Å²) in [7, 11) is 2.97. The predicted octanol–water partition coefficient (Wildman–Crippen LogP) is 2.67. The SMILES string of the molecule is COCCN1C(=O)C(=O)C(=C(O)c2ccc(OC)cc2)C1c1ccc([N+](=O)[O-])cc1. The van der Waals surface area contributed by atoms with Gasteiger partial charge in [-0.1, -0.05) is 0 Å². The molecule has 1 heterocycles. The molecule has 0 aromatic heterocycles. The number of carbonyl (C=O) groups is 2. The zero-order valence-electron chi connectivity index (χ0n) is 16.4. The largest absolute Gasteiger partial charge is 0.507 e. The van der Waals surface area contributed by atoms with Crippen LogP contribution in [0, 0.1) is 10.1 Å². The van der Waals surface area contributed by atoms with Gasteiger partial charge >= 0.3 is 0 Å². The zero-order chi connectivity index (χ0) is 21.8. The molecule has 30 heavy (non-hydrogen) atoms. The van der Waals surface area contributed by atoms with Crippen LogP contribution >= 0.6 is 0 Å². The number of nitrogens with zero attached hydrogens (tertiary/aromatic N) is 2. The molecule has 1 N–H and O–H groups in total. The van der Waals surface area contributed by atoms with Crippen molar-refractivity contribution in [3.05, 3.63) is 75.3 Å². The van der Waals surface area contributed by atoms with Crippen LogP contribution < -0.4 is 4.74 Å². The number of carbonyl (C=O) groups excluding carboxylic acids is 2. The minimum absolute atomic E-state index is 0.0878. The highest BCUT2D eigenvalue weighted by atomic mass is 16.6. The number of aliphatic hydroxyl groups is 1. The van der Waals surface area contributed by atoms with E-state index < -0.39 is 22.7 Å². The molecule has 0 saturated carbocycles. The van der Waals surface area contributed by atoms with Crippen molar-refractivity contribution in [1.29, 1.82) is 0 Å². The monoisotopic (exact) mass is 412 g/mol. The zero-order valence-corrected chi connectivity index (χ0v) is 16.4. The van der Waals surface area contributed by atoms with Crippen molar-refractivity contribution >= 4 is 23.1 Å². The average Bonchev–Trinajstić information content (AvgIpc) is 3.02. The summed E-state index contributed by atoms with van der Waals surface area (Å²) in [6.45, 7) is 0.293. The Morgan fingerprint density at radius 2 is 1.73 bits per heavy atom. The maximum absolute atomic E-state index is 12.8. The first-order valence-corrected chi connectivity index (χ1v) is 9.05. The number of ether oxygens (including phenoxy) is 2. The molecule has 1 amide bonds. The molecular weight excluding hydrogens is 392 g/mol. The molecule has 1 unspecified atom stereocenters. The minimum atomic E-state index is -0.900. The number of ketones is 1. The quantitative estimate of drug-likeness (QED) is 0.244. The van der Waals surface area contributed by atoms with Gasteiger partial charge in [0.2, 0.25) is 0 Å². The second kappa shape index (κ2) is 8.75. The van der Waals surface area contributed by atoms with Gasteiger partial charge in [0.1, 0.15) is 11.5 Å². The highest BCUT2D eigenvalue weighted by molar-refractivity contribution is 6.46. The number of methoxy groups -OCH3 is 2. The Morgan fingerprint density at radius 1 is 1.10 bits per heavy atom. The van der Waals surface area contributed by atoms with Gasteiger partial charge in [-0.15, -0.1) is 0 Å². The van der Waals surface area contributed by atoms with Crippen molar-refractivity contribution in [2.24, 2.45) is 0 Å². The molecule has 2 aromatic rings. The summed E-state index contributed by atoms with van der Waals surface area (Å²) in [5, 5.41) is 21.9. The average molecular weight is 412 g/mol. The molecule has 0 spiro atoms. The second-order valence-electron chi connectivity index (χ2n) is 6.56. The number of rotatable bonds is 7. The van der Waals surface area contributed by atoms with Gasteiger partial charge in [0.15, 0.2) is 0 Å². The molecule has 0 radical (unpaired) electrons. The van der Waals surface area contributed by atoms with Crippen LogP contribution in [0.3, 0.4) is 0 Å². The van der Waals surface area contributed by atoms with E-state index in [1.807, 2.05) is 0 Å². The minimum Gasteiger partial charge on any atom is -0.507 e. The van der Waals surface area contributed by atoms with Crippen LogP contribution in [-0.4, -0.2) is 54.0 Å². The first kappa shape index (κ1) is 21.0. The van der Waals surface area contributed by atoms with Crippen LogP contribution in [0.15, 0.2) is 54.1 Å². The van der Waals surface area contributed by atoms with Gasteiger partial charge in [-0.3, -0.25) is 19.7 Å². The van der Waals surface area contributed by atoms with Crippen molar-refractivity contribution in [1.82, 2.24) is 4.90 Å². The third kappa shape index (κ3) is 3.87. The van der Waals surface area contributed by atoms with Gasteiger partial charge in [0.25, 0.3) is 17.4 Å². The van der Waals surface area contributed by atoms with E-state index in [1.54, 1.807) is 24.3 Å². The van der Waals surface area contributed by atoms with E-state index in [0.29, 0.717) is 16.9 Å². The molecule has 1 aliphatic rings. The molecule has 3 rings (SSSR count). The van der Waals surface area contributed by atoms with Crippen molar-refractivity contribution in [2.75, 3.05) is 27.4 Å². The fraction of sp³-hybridized carbons (Fsp3) is 0.238. The number of likely N-dealkylation sites (tertiary alicyclic amines) is 1. The fourth-order valence-corrected chi connectivity index (χ4v) is 3.33. The number of amides is 1. The second-order valence-corrected chi connectivity index (χ2v) is 6.56. The number of aliphatic hydroxyl groups excluding tert-OH is 1. The van der Waals surface area contributed by atoms with E-state index >= 15 is 0 Å². The number of hydrogen-bond acceptors (Lipinski definition) is 7. The molecule has 1 atom stereocenters. The summed E-state index contributed by atoms with van der Waals surface area (Å²) in [5.41, 5.74) is 0.594. The van der Waals surface area contributed by atoms with Gasteiger partial charge in [-0.05, 0) is 42.0 Å². The van der Waals surface area contributed by atoms with Crippen molar-refractivity contribution in [3.8, 4) is 5.75 Å². The molecule has 1 fully saturated rings. The highest BCUT2D eigenvalue weighted by Gasteiger charge is 2.45. The maximum atomic E-state index is 12.8. The third-order valence-electron chi connectivity index (χ3n) is 4.86. The van der Waals surface area contributed by atoms with E-state index in [1.165, 1.54) is 43.4 Å². The van der Waals surface area contributed by atoms with Crippen molar-refractivity contribution in [2.45, 2.75) is 6.04 Å². The lowest BCUT2D eigenvalue weighted by Gasteiger charge is -2.25. The van der Waals surface area contributed by atoms with Gasteiger partial charge in [0.05, 0.1) is 30.3 Å². The number of benzene rings is 2. The lowest BCUT2D eigenvalue weighted by Crippen LogP contribution is -2.32. The van der Waals surface area contributed by atoms with Gasteiger partial charge in [-0.25, -0.2) is 0 Å². The van der Waals surface area contributed by atoms with Crippen LogP contribution in [0.4, 0.5) is 5.69 Å². The normalized spacial score (nSPS) is 17.9. The fourth-order valence-electron chi connectivity index (χ4n) is 3.33. The number of nitro groups is 1. The number of Topliss-reactive ketones (excluding diaryl/α,β-unsaturated/α-hetero) is 1. The molecule has 2 aromatic carbocycles. The summed E-state index contributed by atoms with van der Waals surface area (Å²) < 4.78 is 10.1. The first-order valence-electron chi connectivity index (χ1n) is 9.05. The Labute approximate surface area is 172 Å². The molecule has 1 aliphatic heterocycles. The van der Waals surface area contributed by atoms with Gasteiger partial charge in [-0.2, -0.15) is 0 Å². The van der Waals surface area contributed by atoms with Gasteiger partial charge in [0, 0.05) is 31.4 Å². The maximum Gasteiger partial charge on any atom is 0.295 e. The Hall–Kier alpha value is -3.72. The Kier molecular flexibility index (Phi) is 6.12. The van der Waals surface area contributed by atoms with Crippen LogP contribution in [0.5, 0.6) is 5.75 Å². The van der Waals surface area contributed by atoms with E-state index in [2.05, 4.69) is 0 Å². The number of hydrogen-bond donors (Lipinski definition) is 1.